The molecular formula is C10H20ClN3O3S. The molecule has 0 aliphatic carbocycles. The van der Waals surface area contributed by atoms with Gasteiger partial charge in [-0.1, -0.05) is 12.1 Å². The quantitative estimate of drug-likeness (QED) is 0.733. The number of nitrogens with one attached hydrogen (secondary N) is 2. The van der Waals surface area contributed by atoms with Gasteiger partial charge in [0.25, 0.3) is 0 Å². The van der Waals surface area contributed by atoms with E-state index < -0.39 is 10.0 Å². The zero-order chi connectivity index (χ0) is 12.9. The minimum Gasteiger partial charge on any atom is -0.360 e. The molecule has 106 valence electrons. The molecule has 18 heavy (non-hydrogen) atoms. The average Bonchev–Trinajstić information content (AvgIpc) is 2.58. The molecule has 1 aromatic rings. The highest BCUT2D eigenvalue weighted by Crippen LogP contribution is 2.17. The van der Waals surface area contributed by atoms with Gasteiger partial charge in [-0.3, -0.25) is 0 Å². The molecule has 1 heterocycles. The van der Waals surface area contributed by atoms with Gasteiger partial charge in [0.15, 0.2) is 5.76 Å². The lowest BCUT2D eigenvalue weighted by Crippen LogP contribution is -2.32. The summed E-state index contributed by atoms with van der Waals surface area (Å²) >= 11 is 0. The van der Waals surface area contributed by atoms with E-state index in [2.05, 4.69) is 22.1 Å². The van der Waals surface area contributed by atoms with Crippen LogP contribution in [0.4, 0.5) is 0 Å². The molecule has 0 saturated heterocycles. The summed E-state index contributed by atoms with van der Waals surface area (Å²) in [7, 11) is -3.51. The molecule has 6 nitrogen and oxygen atoms in total. The van der Waals surface area contributed by atoms with Crippen LogP contribution in [0.2, 0.25) is 0 Å². The molecule has 0 amide bonds. The Hall–Kier alpha value is -0.630. The summed E-state index contributed by atoms with van der Waals surface area (Å²) in [6.07, 6.45) is 1.02. The average molecular weight is 298 g/mol. The van der Waals surface area contributed by atoms with Crippen molar-refractivity contribution in [3.8, 4) is 0 Å². The number of aromatic nitrogens is 1. The Morgan fingerprint density at radius 2 is 1.89 bits per heavy atom. The second-order valence-electron chi connectivity index (χ2n) is 3.80. The van der Waals surface area contributed by atoms with Crippen LogP contribution in [-0.4, -0.2) is 33.2 Å². The molecule has 1 rings (SSSR count). The Balaban J connectivity index is 0.00000289. The van der Waals surface area contributed by atoms with E-state index in [-0.39, 0.29) is 17.3 Å². The smallest absolute Gasteiger partial charge is 0.246 e. The van der Waals surface area contributed by atoms with Crippen LogP contribution < -0.4 is 10.0 Å². The maximum absolute atomic E-state index is 11.9. The molecule has 0 radical (unpaired) electrons. The second kappa shape index (κ2) is 7.73. The molecule has 8 heteroatoms. The molecule has 2 N–H and O–H groups in total. The first-order chi connectivity index (χ1) is 7.99. The van der Waals surface area contributed by atoms with Gasteiger partial charge in [0.1, 0.15) is 10.6 Å². The van der Waals surface area contributed by atoms with Gasteiger partial charge in [-0.15, -0.1) is 12.4 Å². The first-order valence-electron chi connectivity index (χ1n) is 5.62. The van der Waals surface area contributed by atoms with Crippen molar-refractivity contribution >= 4 is 22.4 Å². The molecule has 0 unspecified atom stereocenters. The molecule has 0 aliphatic rings. The topological polar surface area (TPSA) is 84.2 Å². The highest BCUT2D eigenvalue weighted by atomic mass is 35.5. The molecular weight excluding hydrogens is 278 g/mol. The fourth-order valence-corrected chi connectivity index (χ4v) is 2.86. The van der Waals surface area contributed by atoms with Crippen molar-refractivity contribution in [1.29, 1.82) is 0 Å². The zero-order valence-electron chi connectivity index (χ0n) is 10.8. The summed E-state index contributed by atoms with van der Waals surface area (Å²) in [5.41, 5.74) is 0.386. The van der Waals surface area contributed by atoms with Gasteiger partial charge >= 0.3 is 0 Å². The molecule has 0 aromatic carbocycles. The highest BCUT2D eigenvalue weighted by molar-refractivity contribution is 7.89. The summed E-state index contributed by atoms with van der Waals surface area (Å²) in [6, 6.07) is 0. The molecule has 0 atom stereocenters. The fourth-order valence-electron chi connectivity index (χ4n) is 1.51. The number of halogens is 1. The SMILES string of the molecule is CCCNCCNS(=O)(=O)c1c(C)noc1C.Cl. The van der Waals surface area contributed by atoms with Crippen molar-refractivity contribution in [2.24, 2.45) is 0 Å². The monoisotopic (exact) mass is 297 g/mol. The highest BCUT2D eigenvalue weighted by Gasteiger charge is 2.23. The predicted molar refractivity (Wildman–Crippen MR) is 71.6 cm³/mol. The lowest BCUT2D eigenvalue weighted by molar-refractivity contribution is 0.390. The Labute approximate surface area is 114 Å². The van der Waals surface area contributed by atoms with Crippen molar-refractivity contribution < 1.29 is 12.9 Å². The van der Waals surface area contributed by atoms with Crippen LogP contribution in [0, 0.1) is 13.8 Å². The van der Waals surface area contributed by atoms with Crippen molar-refractivity contribution in [1.82, 2.24) is 15.2 Å². The standard InChI is InChI=1S/C10H19N3O3S.ClH/c1-4-5-11-6-7-12-17(14,15)10-8(2)13-16-9(10)3;/h11-12H,4-7H2,1-3H3;1H. The van der Waals surface area contributed by atoms with Crippen molar-refractivity contribution in [2.75, 3.05) is 19.6 Å². The molecule has 1 aromatic heterocycles. The van der Waals surface area contributed by atoms with Gasteiger partial charge in [0.05, 0.1) is 0 Å². The lowest BCUT2D eigenvalue weighted by atomic mass is 10.4. The minimum atomic E-state index is -3.51. The zero-order valence-corrected chi connectivity index (χ0v) is 12.4. The maximum atomic E-state index is 11.9. The van der Waals surface area contributed by atoms with Crippen molar-refractivity contribution in [2.45, 2.75) is 32.1 Å². The van der Waals surface area contributed by atoms with Crippen LogP contribution in [-0.2, 0) is 10.0 Å². The van der Waals surface area contributed by atoms with E-state index in [9.17, 15) is 8.42 Å². The Kier molecular flexibility index (Phi) is 7.46. The normalized spacial score (nSPS) is 11.3. The Morgan fingerprint density at radius 3 is 2.39 bits per heavy atom. The first kappa shape index (κ1) is 17.4. The number of rotatable bonds is 7. The van der Waals surface area contributed by atoms with E-state index in [1.807, 2.05) is 0 Å². The molecule has 0 spiro atoms. The van der Waals surface area contributed by atoms with Gasteiger partial charge < -0.3 is 9.84 Å². The summed E-state index contributed by atoms with van der Waals surface area (Å²) in [5.74, 6) is 0.316. The molecule has 0 saturated carbocycles. The number of sulfonamides is 1. The van der Waals surface area contributed by atoms with Crippen LogP contribution in [0.25, 0.3) is 0 Å². The third-order valence-electron chi connectivity index (χ3n) is 2.26. The van der Waals surface area contributed by atoms with E-state index in [0.717, 1.165) is 13.0 Å². The number of aryl methyl sites for hydroxylation is 2. The summed E-state index contributed by atoms with van der Waals surface area (Å²) in [4.78, 5) is 0.146. The van der Waals surface area contributed by atoms with Crippen molar-refractivity contribution in [3.63, 3.8) is 0 Å². The third-order valence-corrected chi connectivity index (χ3v) is 3.96. The van der Waals surface area contributed by atoms with Gasteiger partial charge in [-0.2, -0.15) is 0 Å². The van der Waals surface area contributed by atoms with Crippen LogP contribution in [0.15, 0.2) is 9.42 Å². The fraction of sp³-hybridized carbons (Fsp3) is 0.700. The summed E-state index contributed by atoms with van der Waals surface area (Å²) < 4.78 is 31.2. The molecule has 0 aliphatic heterocycles. The van der Waals surface area contributed by atoms with E-state index >= 15 is 0 Å². The van der Waals surface area contributed by atoms with Crippen LogP contribution in [0.3, 0.4) is 0 Å². The van der Waals surface area contributed by atoms with E-state index in [4.69, 9.17) is 4.52 Å². The molecule has 0 fully saturated rings. The Morgan fingerprint density at radius 1 is 1.22 bits per heavy atom. The maximum Gasteiger partial charge on any atom is 0.246 e. The lowest BCUT2D eigenvalue weighted by Gasteiger charge is -2.06. The van der Waals surface area contributed by atoms with Gasteiger partial charge in [-0.25, -0.2) is 13.1 Å². The second-order valence-corrected chi connectivity index (χ2v) is 5.50. The Bertz CT molecular complexity index is 439. The number of hydrogen-bond acceptors (Lipinski definition) is 5. The summed E-state index contributed by atoms with van der Waals surface area (Å²) in [5, 5.41) is 6.75. The largest absolute Gasteiger partial charge is 0.360 e. The number of nitrogens with zero attached hydrogens (tertiary/aromatic N) is 1. The van der Waals surface area contributed by atoms with E-state index in [1.165, 1.54) is 0 Å². The van der Waals surface area contributed by atoms with Gasteiger partial charge in [0.2, 0.25) is 10.0 Å². The molecule has 0 bridgehead atoms. The van der Waals surface area contributed by atoms with Gasteiger partial charge in [-0.05, 0) is 26.8 Å². The van der Waals surface area contributed by atoms with Crippen molar-refractivity contribution in [3.05, 3.63) is 11.5 Å². The van der Waals surface area contributed by atoms with Gasteiger partial charge in [0, 0.05) is 13.1 Å². The van der Waals surface area contributed by atoms with E-state index in [0.29, 0.717) is 24.5 Å². The number of hydrogen-bond donors (Lipinski definition) is 2. The third kappa shape index (κ3) is 4.56. The van der Waals surface area contributed by atoms with Crippen LogP contribution >= 0.6 is 12.4 Å². The first-order valence-corrected chi connectivity index (χ1v) is 7.10. The predicted octanol–water partition coefficient (Wildman–Crippen LogP) is 0.991. The van der Waals surface area contributed by atoms with Crippen LogP contribution in [0.5, 0.6) is 0 Å². The van der Waals surface area contributed by atoms with Crippen LogP contribution in [0.1, 0.15) is 24.8 Å². The minimum absolute atomic E-state index is 0. The summed E-state index contributed by atoms with van der Waals surface area (Å²) in [6.45, 7) is 7.10. The van der Waals surface area contributed by atoms with E-state index in [1.54, 1.807) is 13.8 Å².